The SMILES string of the molecule is CCC(CC)CS(=O)(=O)NC1CNCCC1C. The van der Waals surface area contributed by atoms with Crippen LogP contribution in [0.5, 0.6) is 0 Å². The fourth-order valence-corrected chi connectivity index (χ4v) is 4.23. The molecule has 2 N–H and O–H groups in total. The van der Waals surface area contributed by atoms with Gasteiger partial charge in [-0.05, 0) is 24.8 Å². The van der Waals surface area contributed by atoms with E-state index in [-0.39, 0.29) is 17.7 Å². The molecule has 0 radical (unpaired) electrons. The van der Waals surface area contributed by atoms with Gasteiger partial charge in [0.05, 0.1) is 5.75 Å². The zero-order valence-electron chi connectivity index (χ0n) is 11.2. The summed E-state index contributed by atoms with van der Waals surface area (Å²) in [6.07, 6.45) is 2.89. The van der Waals surface area contributed by atoms with Crippen molar-refractivity contribution < 1.29 is 8.42 Å². The second-order valence-corrected chi connectivity index (χ2v) is 6.96. The summed E-state index contributed by atoms with van der Waals surface area (Å²) in [7, 11) is -3.13. The summed E-state index contributed by atoms with van der Waals surface area (Å²) in [6.45, 7) is 7.96. The maximum atomic E-state index is 12.0. The van der Waals surface area contributed by atoms with Crippen LogP contribution in [0.25, 0.3) is 0 Å². The first-order valence-electron chi connectivity index (χ1n) is 6.69. The number of rotatable bonds is 6. The van der Waals surface area contributed by atoms with E-state index in [1.165, 1.54) is 0 Å². The molecule has 1 aliphatic heterocycles. The van der Waals surface area contributed by atoms with Crippen LogP contribution in [-0.2, 0) is 10.0 Å². The number of sulfonamides is 1. The monoisotopic (exact) mass is 262 g/mol. The van der Waals surface area contributed by atoms with Gasteiger partial charge in [-0.15, -0.1) is 0 Å². The zero-order chi connectivity index (χ0) is 12.9. The summed E-state index contributed by atoms with van der Waals surface area (Å²) < 4.78 is 26.9. The van der Waals surface area contributed by atoms with Crippen molar-refractivity contribution in [3.63, 3.8) is 0 Å². The quantitative estimate of drug-likeness (QED) is 0.759. The van der Waals surface area contributed by atoms with Crippen LogP contribution < -0.4 is 10.0 Å². The predicted molar refractivity (Wildman–Crippen MR) is 71.4 cm³/mol. The minimum atomic E-state index is -3.13. The molecule has 0 bridgehead atoms. The molecule has 5 heteroatoms. The maximum Gasteiger partial charge on any atom is 0.212 e. The molecule has 0 amide bonds. The molecule has 1 rings (SSSR count). The van der Waals surface area contributed by atoms with E-state index in [0.717, 1.165) is 32.4 Å². The predicted octanol–water partition coefficient (Wildman–Crippen LogP) is 1.34. The van der Waals surface area contributed by atoms with Gasteiger partial charge in [0.25, 0.3) is 0 Å². The lowest BCUT2D eigenvalue weighted by molar-refractivity contribution is 0.326. The molecule has 2 atom stereocenters. The van der Waals surface area contributed by atoms with Crippen molar-refractivity contribution in [1.82, 2.24) is 10.0 Å². The highest BCUT2D eigenvalue weighted by molar-refractivity contribution is 7.89. The standard InChI is InChI=1S/C12H26N2O2S/c1-4-11(5-2)9-17(15,16)14-12-8-13-7-6-10(12)3/h10-14H,4-9H2,1-3H3. The minimum Gasteiger partial charge on any atom is -0.315 e. The van der Waals surface area contributed by atoms with Crippen LogP contribution in [0.3, 0.4) is 0 Å². The topological polar surface area (TPSA) is 58.2 Å². The Labute approximate surface area is 106 Å². The molecular weight excluding hydrogens is 236 g/mol. The van der Waals surface area contributed by atoms with Crippen LogP contribution in [0.4, 0.5) is 0 Å². The van der Waals surface area contributed by atoms with Crippen LogP contribution in [0.2, 0.25) is 0 Å². The van der Waals surface area contributed by atoms with Crippen molar-refractivity contribution in [2.24, 2.45) is 11.8 Å². The summed E-state index contributed by atoms with van der Waals surface area (Å²) >= 11 is 0. The Bertz CT molecular complexity index is 312. The lowest BCUT2D eigenvalue weighted by atomic mass is 9.96. The first kappa shape index (κ1) is 14.9. The summed E-state index contributed by atoms with van der Waals surface area (Å²) in [4.78, 5) is 0. The van der Waals surface area contributed by atoms with Crippen LogP contribution in [0.1, 0.15) is 40.0 Å². The second-order valence-electron chi connectivity index (χ2n) is 5.16. The van der Waals surface area contributed by atoms with Crippen molar-refractivity contribution in [1.29, 1.82) is 0 Å². The molecule has 2 unspecified atom stereocenters. The molecule has 17 heavy (non-hydrogen) atoms. The molecule has 1 aliphatic rings. The average Bonchev–Trinajstić information content (AvgIpc) is 2.29. The fourth-order valence-electron chi connectivity index (χ4n) is 2.26. The smallest absolute Gasteiger partial charge is 0.212 e. The highest BCUT2D eigenvalue weighted by Gasteiger charge is 2.26. The molecule has 0 aromatic rings. The van der Waals surface area contributed by atoms with Crippen LogP contribution >= 0.6 is 0 Å². The second kappa shape index (κ2) is 6.71. The Hall–Kier alpha value is -0.130. The molecular formula is C12H26N2O2S. The highest BCUT2D eigenvalue weighted by atomic mass is 32.2. The van der Waals surface area contributed by atoms with Crippen LogP contribution in [-0.4, -0.2) is 33.3 Å². The first-order valence-corrected chi connectivity index (χ1v) is 8.34. The van der Waals surface area contributed by atoms with Gasteiger partial charge in [0.15, 0.2) is 0 Å². The molecule has 1 fully saturated rings. The van der Waals surface area contributed by atoms with Gasteiger partial charge in [0, 0.05) is 12.6 Å². The average molecular weight is 262 g/mol. The first-order chi connectivity index (χ1) is 7.98. The summed E-state index contributed by atoms with van der Waals surface area (Å²) in [5.41, 5.74) is 0. The third-order valence-corrected chi connectivity index (χ3v) is 5.34. The molecule has 102 valence electrons. The minimum absolute atomic E-state index is 0.0584. The Morgan fingerprint density at radius 1 is 1.35 bits per heavy atom. The Kier molecular flexibility index (Phi) is 5.89. The molecule has 1 heterocycles. The van der Waals surface area contributed by atoms with Crippen LogP contribution in [0.15, 0.2) is 0 Å². The molecule has 0 aliphatic carbocycles. The molecule has 0 saturated carbocycles. The highest BCUT2D eigenvalue weighted by Crippen LogP contribution is 2.15. The van der Waals surface area contributed by atoms with Crippen molar-refractivity contribution in [3.8, 4) is 0 Å². The van der Waals surface area contributed by atoms with Crippen molar-refractivity contribution >= 4 is 10.0 Å². The van der Waals surface area contributed by atoms with E-state index >= 15 is 0 Å². The van der Waals surface area contributed by atoms with Crippen LogP contribution in [0, 0.1) is 11.8 Å². The van der Waals surface area contributed by atoms with E-state index in [4.69, 9.17) is 0 Å². The van der Waals surface area contributed by atoms with Gasteiger partial charge in [-0.2, -0.15) is 0 Å². The number of hydrogen-bond acceptors (Lipinski definition) is 3. The maximum absolute atomic E-state index is 12.0. The summed E-state index contributed by atoms with van der Waals surface area (Å²) in [6, 6.07) is 0.0584. The number of hydrogen-bond donors (Lipinski definition) is 2. The van der Waals surface area contributed by atoms with Crippen molar-refractivity contribution in [3.05, 3.63) is 0 Å². The fraction of sp³-hybridized carbons (Fsp3) is 1.00. The van der Waals surface area contributed by atoms with E-state index in [1.54, 1.807) is 0 Å². The van der Waals surface area contributed by atoms with E-state index in [9.17, 15) is 8.42 Å². The third-order valence-electron chi connectivity index (χ3n) is 3.77. The molecule has 0 aromatic heterocycles. The largest absolute Gasteiger partial charge is 0.315 e. The molecule has 1 saturated heterocycles. The van der Waals surface area contributed by atoms with Crippen molar-refractivity contribution in [2.45, 2.75) is 46.1 Å². The van der Waals surface area contributed by atoms with Gasteiger partial charge >= 0.3 is 0 Å². The Morgan fingerprint density at radius 2 is 2.00 bits per heavy atom. The third kappa shape index (κ3) is 4.94. The molecule has 0 aromatic carbocycles. The molecule has 4 nitrogen and oxygen atoms in total. The lowest BCUT2D eigenvalue weighted by Crippen LogP contribution is -2.51. The lowest BCUT2D eigenvalue weighted by Gasteiger charge is -2.30. The van der Waals surface area contributed by atoms with Gasteiger partial charge < -0.3 is 5.32 Å². The van der Waals surface area contributed by atoms with Crippen molar-refractivity contribution in [2.75, 3.05) is 18.8 Å². The molecule has 0 spiro atoms. The van der Waals surface area contributed by atoms with Gasteiger partial charge in [-0.25, -0.2) is 13.1 Å². The summed E-state index contributed by atoms with van der Waals surface area (Å²) in [5, 5.41) is 3.24. The number of nitrogens with one attached hydrogen (secondary N) is 2. The van der Waals surface area contributed by atoms with Gasteiger partial charge in [-0.3, -0.25) is 0 Å². The van der Waals surface area contributed by atoms with E-state index in [2.05, 4.69) is 30.8 Å². The summed E-state index contributed by atoms with van der Waals surface area (Å²) in [5.74, 6) is 0.968. The van der Waals surface area contributed by atoms with E-state index < -0.39 is 10.0 Å². The van der Waals surface area contributed by atoms with Gasteiger partial charge in [0.1, 0.15) is 0 Å². The normalized spacial score (nSPS) is 26.4. The Morgan fingerprint density at radius 3 is 2.53 bits per heavy atom. The Balaban J connectivity index is 2.53. The van der Waals surface area contributed by atoms with Gasteiger partial charge in [-0.1, -0.05) is 33.6 Å². The van der Waals surface area contributed by atoms with E-state index in [0.29, 0.717) is 5.92 Å². The van der Waals surface area contributed by atoms with E-state index in [1.807, 2.05) is 0 Å². The zero-order valence-corrected chi connectivity index (χ0v) is 12.0. The number of piperidine rings is 1. The van der Waals surface area contributed by atoms with Gasteiger partial charge in [0.2, 0.25) is 10.0 Å².